The Morgan fingerprint density at radius 2 is 1.47 bits per heavy atom. The quantitative estimate of drug-likeness (QED) is 0.202. The van der Waals surface area contributed by atoms with Gasteiger partial charge in [-0.1, -0.05) is 44.0 Å². The molecule has 1 unspecified atom stereocenters. The number of esters is 2. The van der Waals surface area contributed by atoms with Gasteiger partial charge in [0.2, 0.25) is 5.91 Å². The first-order valence-corrected chi connectivity index (χ1v) is 16.2. The summed E-state index contributed by atoms with van der Waals surface area (Å²) in [6.07, 6.45) is 13.3. The molecule has 1 saturated heterocycles. The summed E-state index contributed by atoms with van der Waals surface area (Å²) in [5.74, 6) is -1.38. The van der Waals surface area contributed by atoms with Crippen LogP contribution in [0.4, 0.5) is 0 Å². The number of allylic oxidation sites excluding steroid dienone is 3. The van der Waals surface area contributed by atoms with E-state index in [2.05, 4.69) is 40.0 Å². The maximum Gasteiger partial charge on any atom is 0.306 e. The number of carbonyl (C=O) groups is 4. The number of hydrogen-bond donors (Lipinski definition) is 3. The van der Waals surface area contributed by atoms with Crippen LogP contribution in [0.25, 0.3) is 18.2 Å². The minimum absolute atomic E-state index is 0.0745. The zero-order valence-corrected chi connectivity index (χ0v) is 28.9. The van der Waals surface area contributed by atoms with Crippen molar-refractivity contribution < 1.29 is 28.7 Å². The van der Waals surface area contributed by atoms with E-state index in [9.17, 15) is 19.2 Å². The van der Waals surface area contributed by atoms with Crippen LogP contribution in [0, 0.1) is 19.8 Å². The molecule has 4 heterocycles. The molecule has 0 aliphatic carbocycles. The van der Waals surface area contributed by atoms with Gasteiger partial charge in [-0.25, -0.2) is 4.99 Å². The largest absolute Gasteiger partial charge is 0.461 e. The van der Waals surface area contributed by atoms with Crippen LogP contribution in [0.3, 0.4) is 0 Å². The highest BCUT2D eigenvalue weighted by molar-refractivity contribution is 6.31. The Morgan fingerprint density at radius 1 is 0.837 bits per heavy atom. The molecule has 10 heteroatoms. The van der Waals surface area contributed by atoms with Gasteiger partial charge in [-0.05, 0) is 99.1 Å². The summed E-state index contributed by atoms with van der Waals surface area (Å²) in [4.78, 5) is 61.1. The number of hydrogen-bond acceptors (Lipinski definition) is 6. The Bertz CT molecular complexity index is 1980. The van der Waals surface area contributed by atoms with Gasteiger partial charge < -0.3 is 24.8 Å². The first-order chi connectivity index (χ1) is 23.4. The number of amides is 2. The summed E-state index contributed by atoms with van der Waals surface area (Å²) in [6, 6.07) is 0. The van der Waals surface area contributed by atoms with Gasteiger partial charge in [-0.15, -0.1) is 0 Å². The monoisotopic (exact) mass is 664 g/mol. The number of aromatic amines is 2. The van der Waals surface area contributed by atoms with Crippen molar-refractivity contribution in [1.29, 1.82) is 0 Å². The number of ether oxygens (including phenoxy) is 2. The second kappa shape index (κ2) is 16.1. The van der Waals surface area contributed by atoms with E-state index in [1.807, 2.05) is 58.9 Å². The van der Waals surface area contributed by atoms with E-state index in [1.54, 1.807) is 0 Å². The van der Waals surface area contributed by atoms with E-state index in [0.29, 0.717) is 35.2 Å². The lowest BCUT2D eigenvalue weighted by Crippen LogP contribution is -2.16. The Morgan fingerprint density at radius 3 is 2.04 bits per heavy atom. The zero-order valence-electron chi connectivity index (χ0n) is 28.9. The van der Waals surface area contributed by atoms with Gasteiger partial charge >= 0.3 is 11.9 Å². The van der Waals surface area contributed by atoms with Crippen molar-refractivity contribution in [3.05, 3.63) is 111 Å². The van der Waals surface area contributed by atoms with E-state index >= 15 is 0 Å². The second-order valence-electron chi connectivity index (χ2n) is 11.9. The molecular formula is C39H44N4O6. The predicted molar refractivity (Wildman–Crippen MR) is 192 cm³/mol. The van der Waals surface area contributed by atoms with Crippen LogP contribution in [0.1, 0.15) is 67.3 Å². The molecule has 3 N–H and O–H groups in total. The van der Waals surface area contributed by atoms with E-state index in [1.165, 1.54) is 18.2 Å². The molecule has 49 heavy (non-hydrogen) atoms. The van der Waals surface area contributed by atoms with Gasteiger partial charge in [-0.3, -0.25) is 19.2 Å². The topological polar surface area (TPSA) is 143 Å². The highest BCUT2D eigenvalue weighted by Gasteiger charge is 2.29. The van der Waals surface area contributed by atoms with Crippen LogP contribution in [0.5, 0.6) is 0 Å². The van der Waals surface area contributed by atoms with Crippen molar-refractivity contribution in [2.45, 2.75) is 60.3 Å². The molecule has 0 bridgehead atoms. The smallest absolute Gasteiger partial charge is 0.306 e. The number of aromatic nitrogens is 2. The second-order valence-corrected chi connectivity index (χ2v) is 11.9. The molecule has 256 valence electrons. The van der Waals surface area contributed by atoms with Gasteiger partial charge in [0, 0.05) is 46.2 Å². The number of nitrogens with zero attached hydrogens (tertiary/aromatic N) is 1. The molecule has 2 aliphatic rings. The molecule has 2 amide bonds. The van der Waals surface area contributed by atoms with Crippen LogP contribution < -0.4 is 16.0 Å². The van der Waals surface area contributed by atoms with E-state index in [-0.39, 0.29) is 55.7 Å². The van der Waals surface area contributed by atoms with Gasteiger partial charge in [0.25, 0.3) is 5.91 Å². The SMILES string of the molecule is C=CCOC(=O)CCc1c(/C=C2\NC(=O)C(C)\C2=C/C)[nH]c(/C=c2\[nH]/c(=C\C3=NC(=O)C(C=C)=C3C)c(CCC(=O)OCC=C)c2C)c1C. The van der Waals surface area contributed by atoms with Crippen molar-refractivity contribution in [3.63, 3.8) is 0 Å². The molecule has 2 aromatic heterocycles. The number of rotatable bonds is 14. The standard InChI is InChI=1S/C39H44N4O6/c1-9-17-48-36(44)15-13-28-23(6)30(40-34(28)20-32-22(5)27(12-4)39(47)42-32)19-31-24(7)29(14-16-37(45)49-18-10-2)35(41-31)21-33-26(11-3)25(8)38(46)43-33/h9-12,19-21,25,40-41H,1-2,4,13-18H2,3,5-8H3,(H,43,46)/b26-11+,30-19-,33-21-,34-20-. The minimum Gasteiger partial charge on any atom is -0.461 e. The molecule has 0 saturated carbocycles. The van der Waals surface area contributed by atoms with Gasteiger partial charge in [0.05, 0.1) is 11.6 Å². The molecule has 0 radical (unpaired) electrons. The van der Waals surface area contributed by atoms with E-state index in [0.717, 1.165) is 50.1 Å². The molecule has 0 spiro atoms. The lowest BCUT2D eigenvalue weighted by atomic mass is 10.00. The third-order valence-electron chi connectivity index (χ3n) is 8.83. The lowest BCUT2D eigenvalue weighted by Gasteiger charge is -2.06. The third-order valence-corrected chi connectivity index (χ3v) is 8.83. The van der Waals surface area contributed by atoms with E-state index in [4.69, 9.17) is 9.47 Å². The zero-order chi connectivity index (χ0) is 35.8. The summed E-state index contributed by atoms with van der Waals surface area (Å²) in [7, 11) is 0. The van der Waals surface area contributed by atoms with Crippen molar-refractivity contribution in [3.8, 4) is 0 Å². The fraction of sp³-hybridized carbons (Fsp3) is 0.308. The van der Waals surface area contributed by atoms with Crippen molar-refractivity contribution >= 4 is 47.7 Å². The lowest BCUT2D eigenvalue weighted by molar-refractivity contribution is -0.143. The maximum atomic E-state index is 12.5. The van der Waals surface area contributed by atoms with Crippen LogP contribution in [-0.2, 0) is 41.5 Å². The van der Waals surface area contributed by atoms with Gasteiger partial charge in [-0.2, -0.15) is 0 Å². The normalized spacial score (nSPS) is 18.4. The summed E-state index contributed by atoms with van der Waals surface area (Å²) < 4.78 is 10.4. The summed E-state index contributed by atoms with van der Waals surface area (Å²) in [6.45, 7) is 20.8. The Balaban J connectivity index is 1.85. The summed E-state index contributed by atoms with van der Waals surface area (Å²) >= 11 is 0. The van der Waals surface area contributed by atoms with Crippen molar-refractivity contribution in [2.75, 3.05) is 13.2 Å². The van der Waals surface area contributed by atoms with Crippen molar-refractivity contribution in [2.24, 2.45) is 10.9 Å². The fourth-order valence-corrected chi connectivity index (χ4v) is 6.01. The molecule has 1 fully saturated rings. The molecule has 0 aromatic carbocycles. The number of nitrogens with one attached hydrogen (secondary N) is 3. The van der Waals surface area contributed by atoms with Crippen LogP contribution in [-0.4, -0.2) is 52.6 Å². The highest BCUT2D eigenvalue weighted by Crippen LogP contribution is 2.30. The van der Waals surface area contributed by atoms with Gasteiger partial charge in [0.1, 0.15) is 13.2 Å². The highest BCUT2D eigenvalue weighted by atomic mass is 16.5. The molecular weight excluding hydrogens is 620 g/mol. The fourth-order valence-electron chi connectivity index (χ4n) is 6.01. The third kappa shape index (κ3) is 8.14. The maximum absolute atomic E-state index is 12.5. The van der Waals surface area contributed by atoms with Gasteiger partial charge in [0.15, 0.2) is 0 Å². The predicted octanol–water partition coefficient (Wildman–Crippen LogP) is 4.43. The molecule has 1 atom stereocenters. The average molecular weight is 665 g/mol. The van der Waals surface area contributed by atoms with Crippen molar-refractivity contribution in [1.82, 2.24) is 15.3 Å². The number of H-pyrrole nitrogens is 2. The van der Waals surface area contributed by atoms with E-state index < -0.39 is 0 Å². The Hall–Kier alpha value is -5.51. The summed E-state index contributed by atoms with van der Waals surface area (Å²) in [5, 5.41) is 4.48. The summed E-state index contributed by atoms with van der Waals surface area (Å²) in [5.41, 5.74) is 8.49. The molecule has 2 aliphatic heterocycles. The molecule has 2 aromatic rings. The van der Waals surface area contributed by atoms with Crippen LogP contribution in [0.2, 0.25) is 0 Å². The first-order valence-electron chi connectivity index (χ1n) is 16.2. The molecule has 10 nitrogen and oxygen atoms in total. The Kier molecular flexibility index (Phi) is 11.9. The number of aliphatic imine (C=N–C) groups is 1. The number of carbonyl (C=O) groups excluding carboxylic acids is 4. The Labute approximate surface area is 286 Å². The minimum atomic E-state index is -0.349. The van der Waals surface area contributed by atoms with Crippen LogP contribution in [0.15, 0.2) is 71.4 Å². The average Bonchev–Trinajstić information content (AvgIpc) is 3.72. The van der Waals surface area contributed by atoms with Crippen LogP contribution >= 0.6 is 0 Å². The molecule has 4 rings (SSSR count). The first kappa shape index (κ1) is 36.3.